The number of hydrogen-bond acceptors (Lipinski definition) is 4. The van der Waals surface area contributed by atoms with Gasteiger partial charge in [-0.2, -0.15) is 5.26 Å². The van der Waals surface area contributed by atoms with Crippen molar-refractivity contribution < 1.29 is 5.11 Å². The number of hydrogen-bond donors (Lipinski definition) is 3. The number of hydrazine groups is 1. The van der Waals surface area contributed by atoms with E-state index in [-0.39, 0.29) is 6.42 Å². The zero-order valence-corrected chi connectivity index (χ0v) is 5.39. The highest BCUT2D eigenvalue weighted by atomic mass is 16.3. The van der Waals surface area contributed by atoms with Crippen LogP contribution in [0.25, 0.3) is 0 Å². The van der Waals surface area contributed by atoms with Crippen LogP contribution in [0.1, 0.15) is 6.42 Å². The van der Waals surface area contributed by atoms with Gasteiger partial charge in [0.1, 0.15) is 0 Å². The molecule has 0 saturated carbocycles. The molecule has 0 bridgehead atoms. The highest BCUT2D eigenvalue weighted by molar-refractivity contribution is 4.75. The van der Waals surface area contributed by atoms with Crippen LogP contribution < -0.4 is 10.9 Å². The van der Waals surface area contributed by atoms with Crippen molar-refractivity contribution >= 4 is 0 Å². The Morgan fingerprint density at radius 3 is 2.89 bits per heavy atom. The fourth-order valence-electron chi connectivity index (χ4n) is 0.397. The molecule has 0 fully saturated rings. The van der Waals surface area contributed by atoms with Gasteiger partial charge in [0.2, 0.25) is 0 Å². The molecule has 0 aliphatic heterocycles. The maximum Gasteiger partial charge on any atom is 0.0808 e. The molecule has 52 valence electrons. The van der Waals surface area contributed by atoms with Crippen LogP contribution in [0.15, 0.2) is 0 Å². The van der Waals surface area contributed by atoms with Gasteiger partial charge in [0, 0.05) is 6.54 Å². The van der Waals surface area contributed by atoms with Crippen LogP contribution >= 0.6 is 0 Å². The molecule has 4 nitrogen and oxygen atoms in total. The Labute approximate surface area is 54.5 Å². The summed E-state index contributed by atoms with van der Waals surface area (Å²) in [6, 6.07) is 1.86. The predicted molar refractivity (Wildman–Crippen MR) is 33.3 cm³/mol. The average molecular weight is 129 g/mol. The molecular weight excluding hydrogens is 118 g/mol. The van der Waals surface area contributed by atoms with E-state index in [1.165, 1.54) is 0 Å². The molecule has 0 heterocycles. The first kappa shape index (κ1) is 8.37. The Balaban J connectivity index is 3.08. The summed E-state index contributed by atoms with van der Waals surface area (Å²) in [7, 11) is 1.71. The van der Waals surface area contributed by atoms with Crippen molar-refractivity contribution in [2.45, 2.75) is 12.5 Å². The van der Waals surface area contributed by atoms with Gasteiger partial charge in [-0.25, -0.2) is 0 Å². The van der Waals surface area contributed by atoms with E-state index in [4.69, 9.17) is 10.4 Å². The molecule has 3 N–H and O–H groups in total. The molecule has 0 amide bonds. The van der Waals surface area contributed by atoms with Crippen LogP contribution in [-0.4, -0.2) is 24.8 Å². The average Bonchev–Trinajstić information content (AvgIpc) is 1.85. The van der Waals surface area contributed by atoms with E-state index in [0.717, 1.165) is 0 Å². The molecular formula is C5H11N3O. The molecule has 0 aromatic carbocycles. The fourth-order valence-corrected chi connectivity index (χ4v) is 0.397. The normalized spacial score (nSPS) is 12.6. The molecule has 0 aromatic rings. The van der Waals surface area contributed by atoms with Crippen LogP contribution in [0.4, 0.5) is 0 Å². The molecule has 0 saturated heterocycles. The van der Waals surface area contributed by atoms with E-state index in [0.29, 0.717) is 6.54 Å². The molecule has 4 heteroatoms. The molecule has 0 spiro atoms. The second-order valence-electron chi connectivity index (χ2n) is 1.65. The van der Waals surface area contributed by atoms with Gasteiger partial charge in [-0.15, -0.1) is 0 Å². The first-order valence-corrected chi connectivity index (χ1v) is 2.76. The van der Waals surface area contributed by atoms with E-state index in [1.54, 1.807) is 7.05 Å². The summed E-state index contributed by atoms with van der Waals surface area (Å²) in [4.78, 5) is 0. The maximum absolute atomic E-state index is 8.86. The predicted octanol–water partition coefficient (Wildman–Crippen LogP) is -1.02. The first-order valence-electron chi connectivity index (χ1n) is 2.76. The van der Waals surface area contributed by atoms with Crippen LogP contribution in [0, 0.1) is 11.3 Å². The van der Waals surface area contributed by atoms with Crippen molar-refractivity contribution in [3.8, 4) is 6.07 Å². The van der Waals surface area contributed by atoms with E-state index in [1.807, 2.05) is 6.07 Å². The van der Waals surface area contributed by atoms with Crippen molar-refractivity contribution in [3.05, 3.63) is 0 Å². The lowest BCUT2D eigenvalue weighted by molar-refractivity contribution is 0.172. The Morgan fingerprint density at radius 1 is 1.78 bits per heavy atom. The molecule has 1 atom stereocenters. The highest BCUT2D eigenvalue weighted by Crippen LogP contribution is 1.84. The zero-order valence-electron chi connectivity index (χ0n) is 5.39. The number of nitrogens with one attached hydrogen (secondary N) is 2. The van der Waals surface area contributed by atoms with Crippen molar-refractivity contribution in [3.63, 3.8) is 0 Å². The molecule has 0 radical (unpaired) electrons. The van der Waals surface area contributed by atoms with Gasteiger partial charge < -0.3 is 5.11 Å². The van der Waals surface area contributed by atoms with E-state index >= 15 is 0 Å². The summed E-state index contributed by atoms with van der Waals surface area (Å²) >= 11 is 0. The van der Waals surface area contributed by atoms with Gasteiger partial charge in [0.25, 0.3) is 0 Å². The minimum atomic E-state index is -0.567. The summed E-state index contributed by atoms with van der Waals surface area (Å²) in [5.41, 5.74) is 5.32. The van der Waals surface area contributed by atoms with Crippen molar-refractivity contribution in [1.29, 1.82) is 5.26 Å². The van der Waals surface area contributed by atoms with E-state index in [2.05, 4.69) is 10.9 Å². The molecule has 0 aromatic heterocycles. The van der Waals surface area contributed by atoms with E-state index < -0.39 is 6.10 Å². The Morgan fingerprint density at radius 2 is 2.44 bits per heavy atom. The van der Waals surface area contributed by atoms with Crippen LogP contribution in [0.5, 0.6) is 0 Å². The standard InChI is InChI=1S/C5H11N3O/c1-7-8-4-5(9)2-3-6/h5,7-9H,2,4H2,1H3. The quantitative estimate of drug-likeness (QED) is 0.425. The molecule has 0 aliphatic carbocycles. The smallest absolute Gasteiger partial charge is 0.0808 e. The summed E-state index contributed by atoms with van der Waals surface area (Å²) in [5, 5.41) is 16.9. The summed E-state index contributed by atoms with van der Waals surface area (Å²) in [6.45, 7) is 0.407. The zero-order chi connectivity index (χ0) is 7.11. The van der Waals surface area contributed by atoms with Crippen molar-refractivity contribution in [1.82, 2.24) is 10.9 Å². The van der Waals surface area contributed by atoms with Gasteiger partial charge in [-0.3, -0.25) is 10.9 Å². The summed E-state index contributed by atoms with van der Waals surface area (Å²) < 4.78 is 0. The Kier molecular flexibility index (Phi) is 5.12. The van der Waals surface area contributed by atoms with Crippen LogP contribution in [0.3, 0.4) is 0 Å². The van der Waals surface area contributed by atoms with Crippen LogP contribution in [0.2, 0.25) is 0 Å². The van der Waals surface area contributed by atoms with Crippen LogP contribution in [-0.2, 0) is 0 Å². The number of nitriles is 1. The number of aliphatic hydroxyl groups is 1. The van der Waals surface area contributed by atoms with Gasteiger partial charge in [-0.05, 0) is 7.05 Å². The minimum Gasteiger partial charge on any atom is -0.391 e. The van der Waals surface area contributed by atoms with Gasteiger partial charge in [0.15, 0.2) is 0 Å². The van der Waals surface area contributed by atoms with Gasteiger partial charge in [-0.1, -0.05) is 0 Å². The van der Waals surface area contributed by atoms with E-state index in [9.17, 15) is 0 Å². The lowest BCUT2D eigenvalue weighted by Gasteiger charge is -2.05. The second kappa shape index (κ2) is 5.51. The van der Waals surface area contributed by atoms with Gasteiger partial charge in [0.05, 0.1) is 18.6 Å². The lowest BCUT2D eigenvalue weighted by Crippen LogP contribution is -2.34. The SMILES string of the molecule is CNNCC(O)CC#N. The number of aliphatic hydroxyl groups excluding tert-OH is 1. The number of nitrogens with zero attached hydrogens (tertiary/aromatic N) is 1. The van der Waals surface area contributed by atoms with Gasteiger partial charge >= 0.3 is 0 Å². The van der Waals surface area contributed by atoms with Crippen molar-refractivity contribution in [2.75, 3.05) is 13.6 Å². The third-order valence-corrected chi connectivity index (χ3v) is 0.841. The first-order chi connectivity index (χ1) is 4.31. The highest BCUT2D eigenvalue weighted by Gasteiger charge is 1.99. The molecule has 1 unspecified atom stereocenters. The summed E-state index contributed by atoms with van der Waals surface area (Å²) in [6.07, 6.45) is -0.392. The number of rotatable bonds is 4. The third kappa shape index (κ3) is 5.24. The minimum absolute atomic E-state index is 0.175. The molecule has 9 heavy (non-hydrogen) atoms. The monoisotopic (exact) mass is 129 g/mol. The lowest BCUT2D eigenvalue weighted by atomic mass is 10.3. The Hall–Kier alpha value is -0.630. The third-order valence-electron chi connectivity index (χ3n) is 0.841. The largest absolute Gasteiger partial charge is 0.391 e. The fraction of sp³-hybridized carbons (Fsp3) is 0.800. The second-order valence-corrected chi connectivity index (χ2v) is 1.65. The maximum atomic E-state index is 8.86. The molecule has 0 rings (SSSR count). The topological polar surface area (TPSA) is 68.1 Å². The van der Waals surface area contributed by atoms with Crippen molar-refractivity contribution in [2.24, 2.45) is 0 Å². The Bertz CT molecular complexity index is 98.9. The summed E-state index contributed by atoms with van der Waals surface area (Å²) in [5.74, 6) is 0. The molecule has 0 aliphatic rings.